The van der Waals surface area contributed by atoms with Crippen LogP contribution < -0.4 is 15.8 Å². The van der Waals surface area contributed by atoms with E-state index < -0.39 is 10.0 Å². The zero-order chi connectivity index (χ0) is 15.5. The van der Waals surface area contributed by atoms with Crippen molar-refractivity contribution in [2.75, 3.05) is 24.2 Å². The third kappa shape index (κ3) is 3.96. The number of hydrogen-bond acceptors (Lipinski definition) is 4. The largest absolute Gasteiger partial charge is 0.398 e. The quantitative estimate of drug-likeness (QED) is 0.821. The zero-order valence-corrected chi connectivity index (χ0v) is 12.7. The van der Waals surface area contributed by atoms with Gasteiger partial charge in [-0.25, -0.2) is 13.6 Å². The van der Waals surface area contributed by atoms with Crippen molar-refractivity contribution in [1.82, 2.24) is 0 Å². The standard InChI is InChI=1S/C15H19N3O2S/c1-18(10-9-12-5-3-2-4-6-12)13-7-8-15(14(16)11-13)21(17,19)20/h2-8,11H,9-10,16H2,1H3,(H2,17,19,20). The summed E-state index contributed by atoms with van der Waals surface area (Å²) in [6.45, 7) is 0.804. The smallest absolute Gasteiger partial charge is 0.240 e. The Bertz CT molecular complexity index is 715. The van der Waals surface area contributed by atoms with Crippen molar-refractivity contribution in [2.24, 2.45) is 5.14 Å². The van der Waals surface area contributed by atoms with Crippen LogP contribution >= 0.6 is 0 Å². The second-order valence-corrected chi connectivity index (χ2v) is 6.45. The molecule has 0 bridgehead atoms. The first-order chi connectivity index (χ1) is 9.88. The van der Waals surface area contributed by atoms with Crippen molar-refractivity contribution in [3.63, 3.8) is 0 Å². The maximum Gasteiger partial charge on any atom is 0.240 e. The fourth-order valence-corrected chi connectivity index (χ4v) is 2.75. The lowest BCUT2D eigenvalue weighted by Crippen LogP contribution is -2.21. The van der Waals surface area contributed by atoms with Crippen LogP contribution in [0.25, 0.3) is 0 Å². The highest BCUT2D eigenvalue weighted by Gasteiger charge is 2.13. The van der Waals surface area contributed by atoms with Gasteiger partial charge in [0.05, 0.1) is 5.69 Å². The van der Waals surface area contributed by atoms with Gasteiger partial charge < -0.3 is 10.6 Å². The fourth-order valence-electron chi connectivity index (χ4n) is 2.10. The third-order valence-electron chi connectivity index (χ3n) is 3.32. The first-order valence-corrected chi connectivity index (χ1v) is 8.10. The van der Waals surface area contributed by atoms with Gasteiger partial charge in [-0.2, -0.15) is 0 Å². The third-order valence-corrected chi connectivity index (χ3v) is 4.30. The van der Waals surface area contributed by atoms with Crippen LogP contribution in [0.4, 0.5) is 11.4 Å². The van der Waals surface area contributed by atoms with Crippen LogP contribution in [0.3, 0.4) is 0 Å². The molecule has 2 aromatic rings. The minimum absolute atomic E-state index is 0.0392. The molecule has 21 heavy (non-hydrogen) atoms. The summed E-state index contributed by atoms with van der Waals surface area (Å²) in [7, 11) is -1.84. The lowest BCUT2D eigenvalue weighted by molar-refractivity contribution is 0.598. The maximum absolute atomic E-state index is 11.3. The van der Waals surface area contributed by atoms with Crippen molar-refractivity contribution >= 4 is 21.4 Å². The molecule has 2 rings (SSSR count). The van der Waals surface area contributed by atoms with Crippen LogP contribution in [0.2, 0.25) is 0 Å². The van der Waals surface area contributed by atoms with E-state index in [2.05, 4.69) is 12.1 Å². The van der Waals surface area contributed by atoms with E-state index in [1.807, 2.05) is 30.1 Å². The summed E-state index contributed by atoms with van der Waals surface area (Å²) in [5, 5.41) is 5.10. The van der Waals surface area contributed by atoms with Crippen molar-refractivity contribution in [2.45, 2.75) is 11.3 Å². The van der Waals surface area contributed by atoms with E-state index in [1.54, 1.807) is 12.1 Å². The summed E-state index contributed by atoms with van der Waals surface area (Å²) in [6.07, 6.45) is 0.897. The Morgan fingerprint density at radius 1 is 1.10 bits per heavy atom. The first kappa shape index (κ1) is 15.3. The summed E-state index contributed by atoms with van der Waals surface area (Å²) >= 11 is 0. The van der Waals surface area contributed by atoms with Gasteiger partial charge in [-0.1, -0.05) is 30.3 Å². The van der Waals surface area contributed by atoms with Crippen LogP contribution in [0.1, 0.15) is 5.56 Å². The second kappa shape index (κ2) is 6.15. The molecular weight excluding hydrogens is 286 g/mol. The van der Waals surface area contributed by atoms with Crippen LogP contribution in [0.15, 0.2) is 53.4 Å². The SMILES string of the molecule is CN(CCc1ccccc1)c1ccc(S(N)(=O)=O)c(N)c1. The van der Waals surface area contributed by atoms with Crippen molar-refractivity contribution in [3.8, 4) is 0 Å². The molecule has 0 heterocycles. The average molecular weight is 305 g/mol. The molecule has 6 heteroatoms. The van der Waals surface area contributed by atoms with Crippen molar-refractivity contribution in [3.05, 3.63) is 54.1 Å². The van der Waals surface area contributed by atoms with Gasteiger partial charge in [0, 0.05) is 19.3 Å². The number of nitrogen functional groups attached to an aromatic ring is 1. The van der Waals surface area contributed by atoms with Crippen LogP contribution in [-0.4, -0.2) is 22.0 Å². The van der Waals surface area contributed by atoms with Crippen LogP contribution in [-0.2, 0) is 16.4 Å². The van der Waals surface area contributed by atoms with E-state index in [0.717, 1.165) is 18.7 Å². The molecule has 4 N–H and O–H groups in total. The maximum atomic E-state index is 11.3. The number of nitrogens with zero attached hydrogens (tertiary/aromatic N) is 1. The lowest BCUT2D eigenvalue weighted by atomic mass is 10.1. The van der Waals surface area contributed by atoms with Crippen molar-refractivity contribution < 1.29 is 8.42 Å². The van der Waals surface area contributed by atoms with Gasteiger partial charge in [-0.15, -0.1) is 0 Å². The highest BCUT2D eigenvalue weighted by atomic mass is 32.2. The highest BCUT2D eigenvalue weighted by molar-refractivity contribution is 7.89. The number of hydrogen-bond donors (Lipinski definition) is 2. The average Bonchev–Trinajstić information content (AvgIpc) is 2.44. The highest BCUT2D eigenvalue weighted by Crippen LogP contribution is 2.23. The van der Waals surface area contributed by atoms with Gasteiger partial charge in [0.1, 0.15) is 4.90 Å². The van der Waals surface area contributed by atoms with Gasteiger partial charge in [0.2, 0.25) is 10.0 Å². The van der Waals surface area contributed by atoms with Crippen molar-refractivity contribution in [1.29, 1.82) is 0 Å². The number of rotatable bonds is 5. The summed E-state index contributed by atoms with van der Waals surface area (Å²) in [4.78, 5) is 1.98. The molecule has 5 nitrogen and oxygen atoms in total. The Hall–Kier alpha value is -2.05. The zero-order valence-electron chi connectivity index (χ0n) is 11.9. The predicted octanol–water partition coefficient (Wildman–Crippen LogP) is 1.60. The number of sulfonamides is 1. The monoisotopic (exact) mass is 305 g/mol. The Morgan fingerprint density at radius 2 is 1.76 bits per heavy atom. The molecule has 0 unspecified atom stereocenters. The van der Waals surface area contributed by atoms with Gasteiger partial charge in [0.25, 0.3) is 0 Å². The molecule has 0 fully saturated rings. The number of primary sulfonamides is 1. The minimum atomic E-state index is -3.77. The number of nitrogens with two attached hydrogens (primary N) is 2. The van der Waals surface area contributed by atoms with Gasteiger partial charge in [-0.05, 0) is 30.2 Å². The first-order valence-electron chi connectivity index (χ1n) is 6.55. The molecular formula is C15H19N3O2S. The predicted molar refractivity (Wildman–Crippen MR) is 85.6 cm³/mol. The molecule has 0 aliphatic rings. The molecule has 0 aliphatic carbocycles. The molecule has 0 aliphatic heterocycles. The summed E-state index contributed by atoms with van der Waals surface area (Å²) < 4.78 is 22.7. The molecule has 2 aromatic carbocycles. The molecule has 112 valence electrons. The van der Waals surface area contributed by atoms with Crippen LogP contribution in [0, 0.1) is 0 Å². The number of anilines is 2. The molecule has 0 spiro atoms. The molecule has 0 saturated heterocycles. The van der Waals surface area contributed by atoms with E-state index in [9.17, 15) is 8.42 Å². The molecule has 0 aromatic heterocycles. The Labute approximate surface area is 125 Å². The Kier molecular flexibility index (Phi) is 4.50. The normalized spacial score (nSPS) is 11.3. The van der Waals surface area contributed by atoms with Gasteiger partial charge >= 0.3 is 0 Å². The number of likely N-dealkylation sites (N-methyl/N-ethyl adjacent to an activating group) is 1. The molecule has 0 saturated carbocycles. The summed E-state index contributed by atoms with van der Waals surface area (Å²) in [6, 6.07) is 14.9. The molecule has 0 radical (unpaired) electrons. The Morgan fingerprint density at radius 3 is 2.33 bits per heavy atom. The van der Waals surface area contributed by atoms with E-state index >= 15 is 0 Å². The van der Waals surface area contributed by atoms with Gasteiger partial charge in [0.15, 0.2) is 0 Å². The van der Waals surface area contributed by atoms with Crippen LogP contribution in [0.5, 0.6) is 0 Å². The fraction of sp³-hybridized carbons (Fsp3) is 0.200. The number of benzene rings is 2. The topological polar surface area (TPSA) is 89.4 Å². The van der Waals surface area contributed by atoms with E-state index in [4.69, 9.17) is 10.9 Å². The second-order valence-electron chi connectivity index (χ2n) is 4.92. The van der Waals surface area contributed by atoms with Gasteiger partial charge in [-0.3, -0.25) is 0 Å². The summed E-state index contributed by atoms with van der Waals surface area (Å²) in [5.41, 5.74) is 8.04. The van der Waals surface area contributed by atoms with E-state index in [0.29, 0.717) is 0 Å². The Balaban J connectivity index is 2.10. The van der Waals surface area contributed by atoms with E-state index in [-0.39, 0.29) is 10.6 Å². The molecule has 0 atom stereocenters. The summed E-state index contributed by atoms with van der Waals surface area (Å²) in [5.74, 6) is 0. The van der Waals surface area contributed by atoms with E-state index in [1.165, 1.54) is 11.6 Å². The lowest BCUT2D eigenvalue weighted by Gasteiger charge is -2.20. The molecule has 0 amide bonds. The minimum Gasteiger partial charge on any atom is -0.398 e.